The fourth-order valence-corrected chi connectivity index (χ4v) is 6.58. The largest absolute Gasteiger partial charge is 0.461 e. The SMILES string of the molecule is C[C@H]1CCC=C2C[C@H]3OC(=O)[C@H](C[NH+]4CCN(c5ccccc5F)CC4)[C@H]3[C@@H](O)[C@@]21C. The number of nitrogens with zero attached hydrogens (tertiary/aromatic N) is 1. The van der Waals surface area contributed by atoms with Crippen molar-refractivity contribution in [2.45, 2.75) is 45.3 Å². The second-order valence-corrected chi connectivity index (χ2v) is 10.2. The Labute approximate surface area is 183 Å². The number of fused-ring (bicyclic) bond motifs is 2. The number of halogens is 1. The number of para-hydroxylation sites is 1. The molecule has 0 bridgehead atoms. The molecule has 2 saturated heterocycles. The van der Waals surface area contributed by atoms with Gasteiger partial charge in [0.1, 0.15) is 17.8 Å². The molecule has 1 aromatic rings. The van der Waals surface area contributed by atoms with Crippen LogP contribution in [-0.2, 0) is 9.53 Å². The van der Waals surface area contributed by atoms with Gasteiger partial charge in [0.15, 0.2) is 0 Å². The molecule has 4 aliphatic rings. The summed E-state index contributed by atoms with van der Waals surface area (Å²) in [5.41, 5.74) is 1.67. The zero-order valence-corrected chi connectivity index (χ0v) is 18.5. The van der Waals surface area contributed by atoms with Gasteiger partial charge in [-0.1, -0.05) is 37.6 Å². The lowest BCUT2D eigenvalue weighted by molar-refractivity contribution is -0.903. The molecular weight excluding hydrogens is 395 g/mol. The highest BCUT2D eigenvalue weighted by atomic mass is 19.1. The molecule has 6 atom stereocenters. The van der Waals surface area contributed by atoms with Crippen molar-refractivity contribution in [3.63, 3.8) is 0 Å². The fraction of sp³-hybridized carbons (Fsp3) is 0.640. The molecule has 0 unspecified atom stereocenters. The van der Waals surface area contributed by atoms with Crippen molar-refractivity contribution in [1.29, 1.82) is 0 Å². The monoisotopic (exact) mass is 429 g/mol. The van der Waals surface area contributed by atoms with Gasteiger partial charge in [0.2, 0.25) is 0 Å². The van der Waals surface area contributed by atoms with Crippen LogP contribution in [0.5, 0.6) is 0 Å². The molecule has 2 aliphatic carbocycles. The van der Waals surface area contributed by atoms with E-state index in [1.807, 2.05) is 12.1 Å². The molecule has 2 heterocycles. The number of esters is 1. The van der Waals surface area contributed by atoms with Crippen molar-refractivity contribution < 1.29 is 23.9 Å². The summed E-state index contributed by atoms with van der Waals surface area (Å²) in [6, 6.07) is 6.91. The molecule has 1 aromatic carbocycles. The van der Waals surface area contributed by atoms with E-state index in [9.17, 15) is 14.3 Å². The Hall–Kier alpha value is -1.92. The van der Waals surface area contributed by atoms with Gasteiger partial charge in [-0.05, 0) is 30.9 Å². The van der Waals surface area contributed by atoms with Crippen LogP contribution in [0.2, 0.25) is 0 Å². The average Bonchev–Trinajstić information content (AvgIpc) is 3.06. The molecule has 168 valence electrons. The lowest BCUT2D eigenvalue weighted by Crippen LogP contribution is -3.15. The molecule has 2 N–H and O–H groups in total. The number of hydrogen-bond donors (Lipinski definition) is 2. The third kappa shape index (κ3) is 3.39. The first-order valence-electron chi connectivity index (χ1n) is 11.8. The number of allylic oxidation sites excluding steroid dienone is 1. The van der Waals surface area contributed by atoms with Crippen molar-refractivity contribution in [3.05, 3.63) is 41.7 Å². The summed E-state index contributed by atoms with van der Waals surface area (Å²) in [4.78, 5) is 16.3. The van der Waals surface area contributed by atoms with Gasteiger partial charge in [-0.15, -0.1) is 0 Å². The zero-order chi connectivity index (χ0) is 21.8. The Morgan fingerprint density at radius 1 is 1.29 bits per heavy atom. The van der Waals surface area contributed by atoms with Crippen LogP contribution < -0.4 is 9.80 Å². The molecule has 0 amide bonds. The second kappa shape index (κ2) is 7.89. The normalized spacial score (nSPS) is 38.3. The predicted octanol–water partition coefficient (Wildman–Crippen LogP) is 1.82. The van der Waals surface area contributed by atoms with Gasteiger partial charge in [0.25, 0.3) is 0 Å². The number of rotatable bonds is 3. The van der Waals surface area contributed by atoms with E-state index in [1.165, 1.54) is 16.5 Å². The lowest BCUT2D eigenvalue weighted by atomic mass is 9.55. The first kappa shape index (κ1) is 21.0. The van der Waals surface area contributed by atoms with Crippen LogP contribution in [-0.4, -0.2) is 56.0 Å². The number of benzene rings is 1. The van der Waals surface area contributed by atoms with E-state index in [0.29, 0.717) is 18.2 Å². The molecule has 0 radical (unpaired) electrons. The Bertz CT molecular complexity index is 881. The van der Waals surface area contributed by atoms with Crippen molar-refractivity contribution in [2.75, 3.05) is 37.6 Å². The smallest absolute Gasteiger partial charge is 0.315 e. The molecule has 1 saturated carbocycles. The molecule has 0 aromatic heterocycles. The lowest BCUT2D eigenvalue weighted by Gasteiger charge is -2.51. The highest BCUT2D eigenvalue weighted by Crippen LogP contribution is 2.55. The van der Waals surface area contributed by atoms with Crippen LogP contribution in [0, 0.1) is 29.0 Å². The van der Waals surface area contributed by atoms with Crippen LogP contribution >= 0.6 is 0 Å². The number of carbonyl (C=O) groups is 1. The fourth-order valence-electron chi connectivity index (χ4n) is 6.58. The zero-order valence-electron chi connectivity index (χ0n) is 18.5. The minimum atomic E-state index is -0.552. The molecular formula is C25H34FN2O3+. The molecule has 3 fully saturated rings. The summed E-state index contributed by atoms with van der Waals surface area (Å²) in [6.07, 6.45) is 4.41. The third-order valence-corrected chi connectivity index (χ3v) is 8.74. The third-order valence-electron chi connectivity index (χ3n) is 8.74. The van der Waals surface area contributed by atoms with Gasteiger partial charge in [-0.2, -0.15) is 0 Å². The highest BCUT2D eigenvalue weighted by molar-refractivity contribution is 5.76. The van der Waals surface area contributed by atoms with Crippen LogP contribution in [0.3, 0.4) is 0 Å². The summed E-state index contributed by atoms with van der Waals surface area (Å²) >= 11 is 0. The van der Waals surface area contributed by atoms with E-state index >= 15 is 0 Å². The number of aliphatic hydroxyl groups is 1. The molecule has 2 aliphatic heterocycles. The summed E-state index contributed by atoms with van der Waals surface area (Å²) in [5, 5.41) is 11.5. The van der Waals surface area contributed by atoms with E-state index in [1.54, 1.807) is 6.07 Å². The van der Waals surface area contributed by atoms with Crippen molar-refractivity contribution >= 4 is 11.7 Å². The minimum absolute atomic E-state index is 0.132. The second-order valence-electron chi connectivity index (χ2n) is 10.2. The van der Waals surface area contributed by atoms with Crippen molar-refractivity contribution in [3.8, 4) is 0 Å². The molecule has 31 heavy (non-hydrogen) atoms. The number of anilines is 1. The van der Waals surface area contributed by atoms with E-state index in [0.717, 1.165) is 45.4 Å². The van der Waals surface area contributed by atoms with Crippen molar-refractivity contribution in [2.24, 2.45) is 23.2 Å². The number of ether oxygens (including phenoxy) is 1. The summed E-state index contributed by atoms with van der Waals surface area (Å²) in [6.45, 7) is 8.33. The quantitative estimate of drug-likeness (QED) is 0.569. The van der Waals surface area contributed by atoms with Crippen LogP contribution in [0.25, 0.3) is 0 Å². The number of piperazine rings is 1. The van der Waals surface area contributed by atoms with Gasteiger partial charge < -0.3 is 19.6 Å². The van der Waals surface area contributed by atoms with E-state index in [2.05, 4.69) is 24.8 Å². The Kier molecular flexibility index (Phi) is 5.33. The molecule has 5 rings (SSSR count). The van der Waals surface area contributed by atoms with Crippen LogP contribution in [0.15, 0.2) is 35.9 Å². The number of hydrogen-bond acceptors (Lipinski definition) is 4. The number of carbonyl (C=O) groups excluding carboxylic acids is 1. The first-order chi connectivity index (χ1) is 14.9. The van der Waals surface area contributed by atoms with Gasteiger partial charge in [-0.25, -0.2) is 4.39 Å². The maximum absolute atomic E-state index is 14.1. The minimum Gasteiger partial charge on any atom is -0.461 e. The summed E-state index contributed by atoms with van der Waals surface area (Å²) in [5.74, 6) is -0.322. The maximum Gasteiger partial charge on any atom is 0.315 e. The first-order valence-corrected chi connectivity index (χ1v) is 11.8. The molecule has 5 nitrogen and oxygen atoms in total. The number of quaternary nitrogens is 1. The van der Waals surface area contributed by atoms with Gasteiger partial charge in [-0.3, -0.25) is 4.79 Å². The van der Waals surface area contributed by atoms with E-state index in [4.69, 9.17) is 4.74 Å². The number of nitrogens with one attached hydrogen (secondary N) is 1. The molecule has 6 heteroatoms. The average molecular weight is 430 g/mol. The number of aliphatic hydroxyl groups excluding tert-OH is 1. The van der Waals surface area contributed by atoms with Crippen LogP contribution in [0.1, 0.15) is 33.1 Å². The maximum atomic E-state index is 14.1. The van der Waals surface area contributed by atoms with E-state index < -0.39 is 6.10 Å². The predicted molar refractivity (Wildman–Crippen MR) is 116 cm³/mol. The Balaban J connectivity index is 1.28. The standard InChI is InChI=1S/C25H33FN2O3/c1-16-6-5-7-17-14-21-22(23(29)25(16,17)2)18(24(30)31-21)15-27-10-12-28(13-11-27)20-9-4-3-8-19(20)26/h3-4,7-9,16,18,21-23,29H,5-6,10-15H2,1-2H3/p+1/t16-,18+,21+,22+,23+,25+/m0/s1. The van der Waals surface area contributed by atoms with Gasteiger partial charge in [0, 0.05) is 17.8 Å². The van der Waals surface area contributed by atoms with Crippen molar-refractivity contribution in [1.82, 2.24) is 0 Å². The van der Waals surface area contributed by atoms with Gasteiger partial charge in [0.05, 0.1) is 44.5 Å². The summed E-state index contributed by atoms with van der Waals surface area (Å²) < 4.78 is 20.0. The van der Waals surface area contributed by atoms with Gasteiger partial charge >= 0.3 is 5.97 Å². The van der Waals surface area contributed by atoms with E-state index in [-0.39, 0.29) is 35.1 Å². The molecule has 0 spiro atoms. The Morgan fingerprint density at radius 3 is 2.77 bits per heavy atom. The summed E-state index contributed by atoms with van der Waals surface area (Å²) in [7, 11) is 0. The topological polar surface area (TPSA) is 54.2 Å². The highest BCUT2D eigenvalue weighted by Gasteiger charge is 2.60. The van der Waals surface area contributed by atoms with Crippen LogP contribution in [0.4, 0.5) is 10.1 Å². The Morgan fingerprint density at radius 2 is 2.03 bits per heavy atom.